The molecule has 4 aliphatic heterocycles. The van der Waals surface area contributed by atoms with Gasteiger partial charge in [0.15, 0.2) is 5.82 Å². The lowest BCUT2D eigenvalue weighted by molar-refractivity contribution is -0.179. The Hall–Kier alpha value is -3.28. The van der Waals surface area contributed by atoms with Crippen molar-refractivity contribution in [3.63, 3.8) is 0 Å². The highest BCUT2D eigenvalue weighted by molar-refractivity contribution is 5.74. The molecule has 0 bridgehead atoms. The van der Waals surface area contributed by atoms with Crippen molar-refractivity contribution in [2.24, 2.45) is 17.3 Å². The highest BCUT2D eigenvalue weighted by Crippen LogP contribution is 2.50. The number of anilines is 1. The Morgan fingerprint density at radius 1 is 0.938 bits per heavy atom. The normalized spacial score (nSPS) is 27.1. The first-order chi connectivity index (χ1) is 23.4. The van der Waals surface area contributed by atoms with Crippen LogP contribution < -0.4 is 9.64 Å². The minimum absolute atomic E-state index is 0.233. The second-order valence-corrected chi connectivity index (χ2v) is 16.0. The maximum Gasteiger partial charge on any atom is 0.282 e. The number of nitrogens with zero attached hydrogens (tertiary/aromatic N) is 8. The van der Waals surface area contributed by atoms with Gasteiger partial charge in [-0.15, -0.1) is 10.2 Å². The summed E-state index contributed by atoms with van der Waals surface area (Å²) in [7, 11) is 0. The summed E-state index contributed by atoms with van der Waals surface area (Å²) in [5.74, 6) is 3.08. The molecule has 254 valence electrons. The number of benzene rings is 1. The lowest BCUT2D eigenvalue weighted by Crippen LogP contribution is -2.66. The molecular formula is C37H47FN8O2. The van der Waals surface area contributed by atoms with Crippen LogP contribution in [0.1, 0.15) is 76.7 Å². The number of hydrogen-bond acceptors (Lipinski definition) is 10. The Kier molecular flexibility index (Phi) is 7.66. The molecule has 6 aliphatic rings. The summed E-state index contributed by atoms with van der Waals surface area (Å²) in [6.07, 6.45) is 14.7. The Bertz CT molecular complexity index is 1640. The van der Waals surface area contributed by atoms with Gasteiger partial charge < -0.3 is 19.3 Å². The van der Waals surface area contributed by atoms with E-state index >= 15 is 0 Å². The molecule has 1 aromatic carbocycles. The van der Waals surface area contributed by atoms with Gasteiger partial charge in [-0.3, -0.25) is 4.90 Å². The van der Waals surface area contributed by atoms with Gasteiger partial charge in [-0.25, -0.2) is 9.37 Å². The van der Waals surface area contributed by atoms with Crippen molar-refractivity contribution in [3.05, 3.63) is 48.3 Å². The zero-order valence-electron chi connectivity index (χ0n) is 28.2. The first-order valence-corrected chi connectivity index (χ1v) is 18.2. The highest BCUT2D eigenvalue weighted by Gasteiger charge is 2.53. The molecule has 48 heavy (non-hydrogen) atoms. The topological polar surface area (TPSA) is 92.6 Å². The van der Waals surface area contributed by atoms with Crippen LogP contribution >= 0.6 is 0 Å². The van der Waals surface area contributed by atoms with E-state index in [1.807, 2.05) is 0 Å². The number of likely N-dealkylation sites (tertiary alicyclic amines) is 2. The number of ether oxygens (including phenoxy) is 2. The lowest BCUT2D eigenvalue weighted by atomic mass is 9.67. The molecule has 0 N–H and O–H groups in total. The Morgan fingerprint density at radius 3 is 2.46 bits per heavy atom. The number of rotatable bonds is 9. The molecule has 0 unspecified atom stereocenters. The van der Waals surface area contributed by atoms with E-state index in [0.717, 1.165) is 75.1 Å². The van der Waals surface area contributed by atoms with Crippen LogP contribution in [0.15, 0.2) is 36.9 Å². The van der Waals surface area contributed by atoms with Crippen molar-refractivity contribution in [1.82, 2.24) is 35.2 Å². The van der Waals surface area contributed by atoms with Gasteiger partial charge in [-0.1, -0.05) is 13.8 Å². The van der Waals surface area contributed by atoms with Gasteiger partial charge in [0.25, 0.3) is 5.88 Å². The van der Waals surface area contributed by atoms with Gasteiger partial charge in [-0.05, 0) is 92.9 Å². The monoisotopic (exact) mass is 654 g/mol. The van der Waals surface area contributed by atoms with Crippen LogP contribution in [0.4, 0.5) is 10.2 Å². The van der Waals surface area contributed by atoms with Crippen LogP contribution in [0.25, 0.3) is 11.1 Å². The van der Waals surface area contributed by atoms with E-state index in [1.165, 1.54) is 63.7 Å². The smallest absolute Gasteiger partial charge is 0.282 e. The molecular weight excluding hydrogens is 607 g/mol. The molecule has 0 amide bonds. The average molecular weight is 655 g/mol. The molecule has 11 heteroatoms. The molecule has 2 spiro atoms. The van der Waals surface area contributed by atoms with Crippen LogP contribution in [0.3, 0.4) is 0 Å². The third-order valence-electron chi connectivity index (χ3n) is 12.5. The molecule has 10 nitrogen and oxygen atoms in total. The first-order valence-electron chi connectivity index (χ1n) is 18.2. The van der Waals surface area contributed by atoms with E-state index in [9.17, 15) is 4.39 Å². The van der Waals surface area contributed by atoms with Gasteiger partial charge >= 0.3 is 0 Å². The van der Waals surface area contributed by atoms with Crippen molar-refractivity contribution in [2.75, 3.05) is 50.8 Å². The minimum Gasteiger partial charge on any atom is -0.434 e. The fourth-order valence-electron chi connectivity index (χ4n) is 9.68. The van der Waals surface area contributed by atoms with Crippen LogP contribution in [-0.2, 0) is 4.74 Å². The van der Waals surface area contributed by atoms with E-state index < -0.39 is 0 Å². The second-order valence-electron chi connectivity index (χ2n) is 16.0. The zero-order valence-corrected chi connectivity index (χ0v) is 28.2. The van der Waals surface area contributed by atoms with Gasteiger partial charge in [0, 0.05) is 67.9 Å². The molecule has 9 rings (SSSR count). The molecule has 1 atom stereocenters. The van der Waals surface area contributed by atoms with Crippen molar-refractivity contribution in [3.8, 4) is 22.8 Å². The quantitative estimate of drug-likeness (QED) is 0.286. The zero-order chi connectivity index (χ0) is 32.5. The van der Waals surface area contributed by atoms with E-state index in [-0.39, 0.29) is 16.8 Å². The Labute approximate surface area is 282 Å². The molecule has 6 fully saturated rings. The third-order valence-corrected chi connectivity index (χ3v) is 12.5. The summed E-state index contributed by atoms with van der Waals surface area (Å²) in [6.45, 7) is 12.3. The summed E-state index contributed by atoms with van der Waals surface area (Å²) in [4.78, 5) is 12.5. The van der Waals surface area contributed by atoms with Gasteiger partial charge in [0.05, 0.1) is 24.6 Å². The Balaban J connectivity index is 0.856. The predicted molar refractivity (Wildman–Crippen MR) is 179 cm³/mol. The highest BCUT2D eigenvalue weighted by atomic mass is 19.1. The van der Waals surface area contributed by atoms with Crippen molar-refractivity contribution in [2.45, 2.75) is 88.8 Å². The molecule has 3 aromatic rings. The molecule has 4 saturated heterocycles. The van der Waals surface area contributed by atoms with Crippen LogP contribution in [0.2, 0.25) is 0 Å². The standard InChI is InChI=1S/C37H47FN8O2/c1-24(2)33(26-15-28(16-26)44-12-8-37(9-13-44)10-14-47-37)46-21-36(22-46)7-11-45(20-36)34-35(43-42-23-39-34)48-32-6-5-27(38)17-29(32)31-19-41-40-18-30(31)25-3-4-25/h5-6,17-19,23-26,28,33H,3-4,7-16,20-22H2,1-2H3/t26?,28?,33-/m0/s1. The maximum atomic E-state index is 14.6. The first kappa shape index (κ1) is 30.8. The van der Waals surface area contributed by atoms with Crippen LogP contribution in [0, 0.1) is 23.1 Å². The molecule has 2 aromatic heterocycles. The van der Waals surface area contributed by atoms with E-state index in [4.69, 9.17) is 9.47 Å². The van der Waals surface area contributed by atoms with Gasteiger partial charge in [0.1, 0.15) is 17.9 Å². The van der Waals surface area contributed by atoms with Crippen molar-refractivity contribution < 1.29 is 13.9 Å². The molecule has 2 aliphatic carbocycles. The number of hydrogen-bond donors (Lipinski definition) is 0. The SMILES string of the molecule is CC(C)[C@@H](C1CC(N2CCC3(CCO3)CC2)C1)N1CC2(CCN(c3ncnnc3Oc3ccc(F)cc3-c3cnncc3C3CC3)C2)C1. The number of aromatic nitrogens is 5. The average Bonchev–Trinajstić information content (AvgIpc) is 3.80. The van der Waals surface area contributed by atoms with Crippen LogP contribution in [-0.4, -0.2) is 98.7 Å². The van der Waals surface area contributed by atoms with Crippen LogP contribution in [0.5, 0.6) is 11.6 Å². The summed E-state index contributed by atoms with van der Waals surface area (Å²) in [5, 5.41) is 16.7. The largest absolute Gasteiger partial charge is 0.434 e. The third kappa shape index (κ3) is 5.55. The van der Waals surface area contributed by atoms with E-state index in [0.29, 0.717) is 40.9 Å². The van der Waals surface area contributed by atoms with Gasteiger partial charge in [-0.2, -0.15) is 10.2 Å². The van der Waals surface area contributed by atoms with Crippen molar-refractivity contribution in [1.29, 1.82) is 0 Å². The van der Waals surface area contributed by atoms with E-state index in [2.05, 4.69) is 53.9 Å². The molecule has 2 saturated carbocycles. The summed E-state index contributed by atoms with van der Waals surface area (Å²) >= 11 is 0. The molecule has 0 radical (unpaired) electrons. The Morgan fingerprint density at radius 2 is 1.73 bits per heavy atom. The van der Waals surface area contributed by atoms with E-state index in [1.54, 1.807) is 18.5 Å². The number of piperidine rings is 1. The summed E-state index contributed by atoms with van der Waals surface area (Å²) in [6, 6.07) is 5.99. The minimum atomic E-state index is -0.329. The fraction of sp³-hybridized carbons (Fsp3) is 0.649. The molecule has 6 heterocycles. The maximum absolute atomic E-state index is 14.6. The lowest BCUT2D eigenvalue weighted by Gasteiger charge is -2.58. The summed E-state index contributed by atoms with van der Waals surface area (Å²) in [5.41, 5.74) is 3.06. The van der Waals surface area contributed by atoms with Gasteiger partial charge in [0.2, 0.25) is 0 Å². The van der Waals surface area contributed by atoms with Crippen molar-refractivity contribution >= 4 is 5.82 Å². The second kappa shape index (κ2) is 11.9. The number of halogens is 1. The predicted octanol–water partition coefficient (Wildman–Crippen LogP) is 5.71. The summed E-state index contributed by atoms with van der Waals surface area (Å²) < 4.78 is 27.0. The fourth-order valence-corrected chi connectivity index (χ4v) is 9.68.